The molecule has 1 aromatic carbocycles. The van der Waals surface area contributed by atoms with Gasteiger partial charge >= 0.3 is 0 Å². The highest BCUT2D eigenvalue weighted by atomic mass is 16.1. The van der Waals surface area contributed by atoms with Gasteiger partial charge in [0.15, 0.2) is 5.78 Å². The number of carbonyl (C=O) groups is 1. The van der Waals surface area contributed by atoms with E-state index in [1.807, 2.05) is 12.1 Å². The van der Waals surface area contributed by atoms with Gasteiger partial charge in [0.05, 0.1) is 0 Å². The minimum atomic E-state index is 0.0275. The van der Waals surface area contributed by atoms with Crippen LogP contribution in [0.4, 0.5) is 0 Å². The Hall–Kier alpha value is -1.11. The van der Waals surface area contributed by atoms with Crippen LogP contribution >= 0.6 is 0 Å². The van der Waals surface area contributed by atoms with Crippen molar-refractivity contribution in [1.29, 1.82) is 0 Å². The average Bonchev–Trinajstić information content (AvgIpc) is 2.64. The smallest absolute Gasteiger partial charge is 0.166 e. The molecule has 0 amide bonds. The van der Waals surface area contributed by atoms with Crippen molar-refractivity contribution < 1.29 is 4.79 Å². The number of ketones is 1. The molecule has 0 aromatic heterocycles. The number of hydrogen-bond acceptors (Lipinski definition) is 1. The molecular formula is C27H46O. The minimum absolute atomic E-state index is 0.0275. The van der Waals surface area contributed by atoms with Gasteiger partial charge in [0.2, 0.25) is 0 Å². The number of unbranched alkanes of at least 4 members (excludes halogenated alkanes) is 11. The molecule has 0 fully saturated rings. The fraction of sp³-hybridized carbons (Fsp3) is 0.741. The van der Waals surface area contributed by atoms with Crippen molar-refractivity contribution in [2.45, 2.75) is 118 Å². The molecule has 1 heteroatoms. The molecule has 0 saturated carbocycles. The van der Waals surface area contributed by atoms with Gasteiger partial charge in [-0.25, -0.2) is 0 Å². The molecule has 1 aromatic rings. The van der Waals surface area contributed by atoms with Gasteiger partial charge in [-0.3, -0.25) is 4.79 Å². The van der Waals surface area contributed by atoms with Crippen LogP contribution in [0.3, 0.4) is 0 Å². The van der Waals surface area contributed by atoms with Crippen LogP contribution in [-0.2, 0) is 0 Å². The summed E-state index contributed by atoms with van der Waals surface area (Å²) < 4.78 is 0. The lowest BCUT2D eigenvalue weighted by molar-refractivity contribution is 0.0799. The van der Waals surface area contributed by atoms with Gasteiger partial charge in [0.1, 0.15) is 0 Å². The Labute approximate surface area is 175 Å². The van der Waals surface area contributed by atoms with Crippen molar-refractivity contribution >= 4 is 5.78 Å². The van der Waals surface area contributed by atoms with E-state index in [4.69, 9.17) is 0 Å². The summed E-state index contributed by atoms with van der Waals surface area (Å²) in [6.45, 7) is 11.0. The average molecular weight is 387 g/mol. The summed E-state index contributed by atoms with van der Waals surface area (Å²) >= 11 is 0. The summed E-state index contributed by atoms with van der Waals surface area (Å²) in [6, 6.07) is 8.10. The van der Waals surface area contributed by atoms with E-state index in [1.54, 1.807) is 0 Å². The van der Waals surface area contributed by atoms with Gasteiger partial charge in [-0.15, -0.1) is 0 Å². The molecule has 0 radical (unpaired) electrons. The Morgan fingerprint density at radius 2 is 1.18 bits per heavy atom. The predicted molar refractivity (Wildman–Crippen MR) is 124 cm³/mol. The molecule has 1 atom stereocenters. The first-order valence-electron chi connectivity index (χ1n) is 12.0. The van der Waals surface area contributed by atoms with Gasteiger partial charge in [-0.2, -0.15) is 0 Å². The highest BCUT2D eigenvalue weighted by molar-refractivity contribution is 5.98. The highest BCUT2D eigenvalue weighted by Gasteiger charge is 2.31. The second kappa shape index (κ2) is 14.0. The molecule has 0 heterocycles. The van der Waals surface area contributed by atoms with Crippen LogP contribution in [0, 0.1) is 18.3 Å². The zero-order valence-corrected chi connectivity index (χ0v) is 19.5. The Morgan fingerprint density at radius 1 is 0.750 bits per heavy atom. The van der Waals surface area contributed by atoms with Crippen molar-refractivity contribution in [1.82, 2.24) is 0 Å². The molecule has 0 N–H and O–H groups in total. The van der Waals surface area contributed by atoms with Crippen LogP contribution < -0.4 is 0 Å². The zero-order chi connectivity index (χ0) is 20.8. The minimum Gasteiger partial charge on any atom is -0.294 e. The van der Waals surface area contributed by atoms with Crippen LogP contribution in [0.1, 0.15) is 127 Å². The van der Waals surface area contributed by atoms with E-state index >= 15 is 0 Å². The summed E-state index contributed by atoms with van der Waals surface area (Å²) in [7, 11) is 0. The van der Waals surface area contributed by atoms with Crippen LogP contribution in [0.5, 0.6) is 0 Å². The first-order valence-corrected chi connectivity index (χ1v) is 12.0. The summed E-state index contributed by atoms with van der Waals surface area (Å²) in [4.78, 5) is 13.0. The predicted octanol–water partition coefficient (Wildman–Crippen LogP) is 8.93. The van der Waals surface area contributed by atoms with Gasteiger partial charge in [0.25, 0.3) is 0 Å². The van der Waals surface area contributed by atoms with E-state index in [1.165, 1.54) is 82.6 Å². The molecule has 0 aliphatic carbocycles. The molecule has 1 unspecified atom stereocenters. The standard InChI is InChI=1S/C27H46O/c1-6-7-8-9-10-11-12-13-14-15-16-17-18-25(27(3,4)5)26(28)24-21-19-23(2)20-22-24/h19-22,25H,6-18H2,1-5H3. The molecule has 0 aliphatic heterocycles. The number of rotatable bonds is 15. The van der Waals surface area contributed by atoms with Crippen molar-refractivity contribution in [3.8, 4) is 0 Å². The fourth-order valence-corrected chi connectivity index (χ4v) is 4.07. The lowest BCUT2D eigenvalue weighted by atomic mass is 9.73. The van der Waals surface area contributed by atoms with E-state index in [9.17, 15) is 4.79 Å². The molecule has 1 rings (SSSR count). The third-order valence-electron chi connectivity index (χ3n) is 6.04. The lowest BCUT2D eigenvalue weighted by Crippen LogP contribution is -2.28. The quantitative estimate of drug-likeness (QED) is 0.217. The third-order valence-corrected chi connectivity index (χ3v) is 6.04. The van der Waals surface area contributed by atoms with E-state index in [0.717, 1.165) is 12.0 Å². The molecule has 0 aliphatic rings. The van der Waals surface area contributed by atoms with Crippen molar-refractivity contribution in [3.63, 3.8) is 0 Å². The maximum atomic E-state index is 13.0. The topological polar surface area (TPSA) is 17.1 Å². The lowest BCUT2D eigenvalue weighted by Gasteiger charge is -2.29. The fourth-order valence-electron chi connectivity index (χ4n) is 4.07. The number of carbonyl (C=O) groups excluding carboxylic acids is 1. The SMILES string of the molecule is CCCCCCCCCCCCCCC(C(=O)c1ccc(C)cc1)C(C)(C)C. The zero-order valence-electron chi connectivity index (χ0n) is 19.5. The van der Waals surface area contributed by atoms with E-state index in [2.05, 4.69) is 46.8 Å². The number of benzene rings is 1. The second-order valence-electron chi connectivity index (χ2n) is 9.83. The Kier molecular flexibility index (Phi) is 12.4. The van der Waals surface area contributed by atoms with Crippen LogP contribution in [0.2, 0.25) is 0 Å². The third kappa shape index (κ3) is 10.4. The van der Waals surface area contributed by atoms with Gasteiger partial charge < -0.3 is 0 Å². The Balaban J connectivity index is 2.23. The van der Waals surface area contributed by atoms with Gasteiger partial charge in [0, 0.05) is 11.5 Å². The summed E-state index contributed by atoms with van der Waals surface area (Å²) in [6.07, 6.45) is 17.4. The molecule has 0 spiro atoms. The first-order chi connectivity index (χ1) is 13.4. The van der Waals surface area contributed by atoms with Crippen molar-refractivity contribution in [3.05, 3.63) is 35.4 Å². The molecule has 1 nitrogen and oxygen atoms in total. The summed E-state index contributed by atoms with van der Waals surface area (Å²) in [5.41, 5.74) is 2.12. The van der Waals surface area contributed by atoms with E-state index in [0.29, 0.717) is 5.78 Å². The largest absolute Gasteiger partial charge is 0.294 e. The number of hydrogen-bond donors (Lipinski definition) is 0. The van der Waals surface area contributed by atoms with Gasteiger partial charge in [-0.1, -0.05) is 135 Å². The van der Waals surface area contributed by atoms with Crippen molar-refractivity contribution in [2.24, 2.45) is 11.3 Å². The molecule has 0 saturated heterocycles. The second-order valence-corrected chi connectivity index (χ2v) is 9.83. The summed E-state index contributed by atoms with van der Waals surface area (Å²) in [5, 5.41) is 0. The summed E-state index contributed by atoms with van der Waals surface area (Å²) in [5.74, 6) is 0.453. The maximum absolute atomic E-state index is 13.0. The molecule has 160 valence electrons. The van der Waals surface area contributed by atoms with Gasteiger partial charge in [-0.05, 0) is 18.8 Å². The Bertz CT molecular complexity index is 520. The molecule has 0 bridgehead atoms. The van der Waals surface area contributed by atoms with Crippen LogP contribution in [0.25, 0.3) is 0 Å². The monoisotopic (exact) mass is 386 g/mol. The number of Topliss-reactive ketones (excluding diaryl/α,β-unsaturated/α-hetero) is 1. The molecule has 28 heavy (non-hydrogen) atoms. The molecular weight excluding hydrogens is 340 g/mol. The first kappa shape index (κ1) is 24.9. The van der Waals surface area contributed by atoms with Crippen molar-refractivity contribution in [2.75, 3.05) is 0 Å². The normalized spacial score (nSPS) is 12.9. The van der Waals surface area contributed by atoms with Crippen LogP contribution in [-0.4, -0.2) is 5.78 Å². The highest BCUT2D eigenvalue weighted by Crippen LogP contribution is 2.33. The maximum Gasteiger partial charge on any atom is 0.166 e. The van der Waals surface area contributed by atoms with Crippen LogP contribution in [0.15, 0.2) is 24.3 Å². The Morgan fingerprint density at radius 3 is 1.61 bits per heavy atom. The number of aryl methyl sites for hydroxylation is 1. The van der Waals surface area contributed by atoms with E-state index < -0.39 is 0 Å². The van der Waals surface area contributed by atoms with E-state index in [-0.39, 0.29) is 11.3 Å².